The maximum absolute atomic E-state index is 11.2. The minimum atomic E-state index is -0.997. The van der Waals surface area contributed by atoms with Gasteiger partial charge in [0.05, 0.1) is 0 Å². The molecule has 0 aliphatic heterocycles. The van der Waals surface area contributed by atoms with Gasteiger partial charge >= 0.3 is 5.97 Å². The van der Waals surface area contributed by atoms with E-state index in [1.54, 1.807) is 6.92 Å². The first-order valence-corrected chi connectivity index (χ1v) is 8.73. The van der Waals surface area contributed by atoms with E-state index in [1.165, 1.54) is 44.9 Å². The first-order valence-electron chi connectivity index (χ1n) is 8.73. The average Bonchev–Trinajstić information content (AvgIpc) is 2.48. The van der Waals surface area contributed by atoms with Crippen LogP contribution in [0.1, 0.15) is 84.0 Å². The van der Waals surface area contributed by atoms with E-state index in [9.17, 15) is 9.90 Å². The molecule has 0 aromatic heterocycles. The van der Waals surface area contributed by atoms with Crippen molar-refractivity contribution in [2.45, 2.75) is 90.3 Å². The van der Waals surface area contributed by atoms with Crippen LogP contribution in [0.2, 0.25) is 0 Å². The van der Waals surface area contributed by atoms with E-state index >= 15 is 0 Å². The van der Waals surface area contributed by atoms with Gasteiger partial charge in [-0.1, -0.05) is 64.4 Å². The van der Waals surface area contributed by atoms with Crippen LogP contribution in [0, 0.1) is 0 Å². The van der Waals surface area contributed by atoms with Crippen LogP contribution in [0.4, 0.5) is 0 Å². The summed E-state index contributed by atoms with van der Waals surface area (Å²) in [6.45, 7) is 5.37. The van der Waals surface area contributed by atoms with Gasteiger partial charge < -0.3 is 14.9 Å². The molecule has 0 amide bonds. The second kappa shape index (κ2) is 15.0. The fraction of sp³-hybridized carbons (Fsp3) is 0.833. The summed E-state index contributed by atoms with van der Waals surface area (Å²) < 4.78 is 4.81. The Morgan fingerprint density at radius 3 is 1.73 bits per heavy atom. The molecular weight excluding hydrogens is 280 g/mol. The molecule has 1 unspecified atom stereocenters. The number of hydrogen-bond acceptors (Lipinski definition) is 4. The van der Waals surface area contributed by atoms with Crippen molar-refractivity contribution in [1.29, 1.82) is 0 Å². The van der Waals surface area contributed by atoms with E-state index in [0.717, 1.165) is 25.7 Å². The number of carbonyl (C=O) groups is 1. The highest BCUT2D eigenvalue weighted by molar-refractivity contribution is 5.86. The summed E-state index contributed by atoms with van der Waals surface area (Å²) >= 11 is 0. The third-order valence-corrected chi connectivity index (χ3v) is 3.70. The number of carbonyl (C=O) groups excluding carboxylic acids is 1. The van der Waals surface area contributed by atoms with Crippen LogP contribution in [0.25, 0.3) is 0 Å². The van der Waals surface area contributed by atoms with Crippen molar-refractivity contribution in [3.63, 3.8) is 0 Å². The smallest absolute Gasteiger partial charge is 0.335 e. The zero-order chi connectivity index (χ0) is 16.6. The lowest BCUT2D eigenvalue weighted by Crippen LogP contribution is -2.17. The molecule has 1 atom stereocenters. The van der Waals surface area contributed by atoms with E-state index < -0.39 is 12.3 Å². The average molecular weight is 314 g/mol. The predicted molar refractivity (Wildman–Crippen MR) is 89.4 cm³/mol. The SMILES string of the molecule is C=C(C)C(=O)OC(O)CCCCCCCCCCCCCO. The standard InChI is InChI=1S/C18H34O4/c1-16(2)18(21)22-17(20)14-12-10-8-6-4-3-5-7-9-11-13-15-19/h17,19-20H,1,3-15H2,2H3. The van der Waals surface area contributed by atoms with Crippen LogP contribution >= 0.6 is 0 Å². The number of ether oxygens (including phenoxy) is 1. The maximum Gasteiger partial charge on any atom is 0.335 e. The van der Waals surface area contributed by atoms with Crippen molar-refractivity contribution < 1.29 is 19.7 Å². The molecule has 0 radical (unpaired) electrons. The van der Waals surface area contributed by atoms with Crippen molar-refractivity contribution in [3.8, 4) is 0 Å². The Labute approximate surface area is 135 Å². The number of aliphatic hydroxyl groups excluding tert-OH is 2. The van der Waals surface area contributed by atoms with Crippen LogP contribution in [0.5, 0.6) is 0 Å². The molecule has 0 aromatic carbocycles. The topological polar surface area (TPSA) is 66.8 Å². The van der Waals surface area contributed by atoms with E-state index in [-0.39, 0.29) is 0 Å². The summed E-state index contributed by atoms with van der Waals surface area (Å²) in [7, 11) is 0. The Balaban J connectivity index is 3.23. The summed E-state index contributed by atoms with van der Waals surface area (Å²) in [6.07, 6.45) is 12.3. The predicted octanol–water partition coefficient (Wildman–Crippen LogP) is 4.10. The second-order valence-electron chi connectivity index (χ2n) is 6.04. The Morgan fingerprint density at radius 2 is 1.32 bits per heavy atom. The molecule has 0 aliphatic rings. The van der Waals surface area contributed by atoms with Crippen LogP contribution in [-0.2, 0) is 9.53 Å². The first-order chi connectivity index (χ1) is 10.6. The molecule has 0 aromatic rings. The highest BCUT2D eigenvalue weighted by Crippen LogP contribution is 2.13. The molecule has 0 spiro atoms. The van der Waals surface area contributed by atoms with Crippen molar-refractivity contribution in [1.82, 2.24) is 0 Å². The van der Waals surface area contributed by atoms with Gasteiger partial charge in [0.1, 0.15) is 0 Å². The summed E-state index contributed by atoms with van der Waals surface area (Å²) in [5, 5.41) is 18.2. The van der Waals surface area contributed by atoms with Crippen molar-refractivity contribution in [2.75, 3.05) is 6.61 Å². The van der Waals surface area contributed by atoms with Crippen LogP contribution < -0.4 is 0 Å². The summed E-state index contributed by atoms with van der Waals surface area (Å²) in [6, 6.07) is 0. The quantitative estimate of drug-likeness (QED) is 0.207. The van der Waals surface area contributed by atoms with Gasteiger partial charge in [0, 0.05) is 18.6 Å². The molecule has 0 saturated carbocycles. The van der Waals surface area contributed by atoms with E-state index in [2.05, 4.69) is 6.58 Å². The molecule has 2 N–H and O–H groups in total. The van der Waals surface area contributed by atoms with E-state index in [1.807, 2.05) is 0 Å². The summed E-state index contributed by atoms with van der Waals surface area (Å²) in [5.74, 6) is -0.522. The van der Waals surface area contributed by atoms with Gasteiger partial charge in [0.15, 0.2) is 0 Å². The number of aliphatic hydroxyl groups is 2. The summed E-state index contributed by atoms with van der Waals surface area (Å²) in [5.41, 5.74) is 0.315. The third kappa shape index (κ3) is 14.1. The van der Waals surface area contributed by atoms with E-state index in [0.29, 0.717) is 18.6 Å². The van der Waals surface area contributed by atoms with Gasteiger partial charge in [0.2, 0.25) is 6.29 Å². The van der Waals surface area contributed by atoms with Crippen LogP contribution in [0.15, 0.2) is 12.2 Å². The highest BCUT2D eigenvalue weighted by Gasteiger charge is 2.10. The molecule has 22 heavy (non-hydrogen) atoms. The molecule has 0 heterocycles. The molecule has 4 nitrogen and oxygen atoms in total. The fourth-order valence-corrected chi connectivity index (χ4v) is 2.30. The second-order valence-corrected chi connectivity index (χ2v) is 6.04. The minimum Gasteiger partial charge on any atom is -0.433 e. The minimum absolute atomic E-state index is 0.315. The first kappa shape index (κ1) is 21.1. The number of hydrogen-bond donors (Lipinski definition) is 2. The van der Waals surface area contributed by atoms with Crippen molar-refractivity contribution >= 4 is 5.97 Å². The van der Waals surface area contributed by atoms with Crippen LogP contribution in [-0.4, -0.2) is 29.1 Å². The molecule has 0 rings (SSSR count). The van der Waals surface area contributed by atoms with Gasteiger partial charge in [-0.15, -0.1) is 0 Å². The lowest BCUT2D eigenvalue weighted by molar-refractivity contribution is -0.163. The number of esters is 1. The number of unbranched alkanes of at least 4 members (excludes halogenated alkanes) is 10. The fourth-order valence-electron chi connectivity index (χ4n) is 2.30. The highest BCUT2D eigenvalue weighted by atomic mass is 16.6. The molecule has 4 heteroatoms. The zero-order valence-electron chi connectivity index (χ0n) is 14.2. The summed E-state index contributed by atoms with van der Waals surface area (Å²) in [4.78, 5) is 11.2. The lowest BCUT2D eigenvalue weighted by Gasteiger charge is -2.11. The molecule has 0 saturated heterocycles. The molecule has 0 aliphatic carbocycles. The van der Waals surface area contributed by atoms with Crippen molar-refractivity contribution in [2.24, 2.45) is 0 Å². The van der Waals surface area contributed by atoms with Crippen molar-refractivity contribution in [3.05, 3.63) is 12.2 Å². The Kier molecular flexibility index (Phi) is 14.4. The van der Waals surface area contributed by atoms with Crippen LogP contribution in [0.3, 0.4) is 0 Å². The molecule has 0 fully saturated rings. The van der Waals surface area contributed by atoms with Gasteiger partial charge in [-0.05, 0) is 19.8 Å². The van der Waals surface area contributed by atoms with Gasteiger partial charge in [-0.3, -0.25) is 0 Å². The lowest BCUT2D eigenvalue weighted by atomic mass is 10.1. The van der Waals surface area contributed by atoms with Gasteiger partial charge in [-0.25, -0.2) is 4.79 Å². The third-order valence-electron chi connectivity index (χ3n) is 3.70. The molecule has 130 valence electrons. The Hall–Kier alpha value is -0.870. The normalized spacial score (nSPS) is 12.1. The van der Waals surface area contributed by atoms with E-state index in [4.69, 9.17) is 9.84 Å². The van der Waals surface area contributed by atoms with Gasteiger partial charge in [-0.2, -0.15) is 0 Å². The molecule has 0 bridgehead atoms. The maximum atomic E-state index is 11.2. The molecular formula is C18H34O4. The van der Waals surface area contributed by atoms with Gasteiger partial charge in [0.25, 0.3) is 0 Å². The zero-order valence-corrected chi connectivity index (χ0v) is 14.2. The monoisotopic (exact) mass is 314 g/mol. The Morgan fingerprint density at radius 1 is 0.909 bits per heavy atom. The largest absolute Gasteiger partial charge is 0.433 e. The Bertz CT molecular complexity index is 289. The number of rotatable bonds is 15.